The van der Waals surface area contributed by atoms with Crippen molar-refractivity contribution in [1.29, 1.82) is 0 Å². The maximum Gasteiger partial charge on any atom is 0.290 e. The summed E-state index contributed by atoms with van der Waals surface area (Å²) in [5.41, 5.74) is 2.10. The van der Waals surface area contributed by atoms with Crippen LogP contribution in [0.5, 0.6) is 5.75 Å². The number of benzene rings is 1. The summed E-state index contributed by atoms with van der Waals surface area (Å²) in [6.45, 7) is 7.76. The smallest absolute Gasteiger partial charge is 0.290 e. The standard InChI is InChI=1S/C25H23N3O4S/c1-4-12-32-19-9-7-18(8-10-19)21-20(22(29)24-15(2)27-16(3)33-24)23(30)25(31)28(21)14-17-6-5-11-26-13-17/h4-11,13,21,30H,1,12,14H2,2-3H3. The molecule has 8 heteroatoms. The first-order valence-corrected chi connectivity index (χ1v) is 11.2. The SMILES string of the molecule is C=CCOc1ccc(C2C(C(=O)c3sc(C)nc3C)=C(O)C(=O)N2Cc2cccnc2)cc1. The van der Waals surface area contributed by atoms with Gasteiger partial charge >= 0.3 is 0 Å². The van der Waals surface area contributed by atoms with E-state index in [0.717, 1.165) is 10.6 Å². The number of amides is 1. The molecule has 2 aromatic heterocycles. The fourth-order valence-corrected chi connectivity index (χ4v) is 4.72. The lowest BCUT2D eigenvalue weighted by Crippen LogP contribution is -2.30. The molecule has 0 spiro atoms. The highest BCUT2D eigenvalue weighted by atomic mass is 32.1. The molecule has 1 aliphatic heterocycles. The Morgan fingerprint density at radius 2 is 2.03 bits per heavy atom. The van der Waals surface area contributed by atoms with Crippen LogP contribution in [0.1, 0.15) is 37.5 Å². The van der Waals surface area contributed by atoms with Gasteiger partial charge in [-0.2, -0.15) is 0 Å². The maximum atomic E-state index is 13.6. The monoisotopic (exact) mass is 461 g/mol. The van der Waals surface area contributed by atoms with Crippen molar-refractivity contribution >= 4 is 23.0 Å². The van der Waals surface area contributed by atoms with Crippen molar-refractivity contribution in [3.8, 4) is 5.75 Å². The van der Waals surface area contributed by atoms with Crippen molar-refractivity contribution in [1.82, 2.24) is 14.9 Å². The van der Waals surface area contributed by atoms with Gasteiger partial charge in [0.2, 0.25) is 5.78 Å². The average Bonchev–Trinajstić information content (AvgIpc) is 3.28. The van der Waals surface area contributed by atoms with Gasteiger partial charge in [-0.1, -0.05) is 30.9 Å². The van der Waals surface area contributed by atoms with E-state index in [9.17, 15) is 14.7 Å². The molecule has 1 atom stereocenters. The van der Waals surface area contributed by atoms with E-state index in [1.54, 1.807) is 55.7 Å². The predicted molar refractivity (Wildman–Crippen MR) is 125 cm³/mol. The number of ketones is 1. The number of aromatic nitrogens is 2. The summed E-state index contributed by atoms with van der Waals surface area (Å²) in [7, 11) is 0. The summed E-state index contributed by atoms with van der Waals surface area (Å²) in [4.78, 5) is 37.0. The number of carbonyl (C=O) groups excluding carboxylic acids is 2. The first kappa shape index (κ1) is 22.4. The molecule has 0 bridgehead atoms. The third-order valence-electron chi connectivity index (χ3n) is 5.30. The number of nitrogens with zero attached hydrogens (tertiary/aromatic N) is 3. The zero-order valence-electron chi connectivity index (χ0n) is 18.3. The zero-order valence-corrected chi connectivity index (χ0v) is 19.1. The lowest BCUT2D eigenvalue weighted by Gasteiger charge is -2.27. The van der Waals surface area contributed by atoms with Gasteiger partial charge in [-0.15, -0.1) is 11.3 Å². The van der Waals surface area contributed by atoms with E-state index in [4.69, 9.17) is 4.74 Å². The molecule has 0 radical (unpaired) electrons. The molecule has 3 heterocycles. The molecule has 0 fully saturated rings. The average molecular weight is 462 g/mol. The van der Waals surface area contributed by atoms with Crippen molar-refractivity contribution in [2.24, 2.45) is 0 Å². The molecular weight excluding hydrogens is 438 g/mol. The molecule has 1 unspecified atom stereocenters. The summed E-state index contributed by atoms with van der Waals surface area (Å²) in [5.74, 6) is -0.893. The van der Waals surface area contributed by atoms with Gasteiger partial charge in [0.1, 0.15) is 12.4 Å². The summed E-state index contributed by atoms with van der Waals surface area (Å²) < 4.78 is 5.56. The Balaban J connectivity index is 1.77. The fraction of sp³-hybridized carbons (Fsp3) is 0.200. The number of pyridine rings is 1. The molecule has 4 rings (SSSR count). The van der Waals surface area contributed by atoms with Crippen molar-refractivity contribution in [3.05, 3.63) is 99.5 Å². The number of thiazole rings is 1. The van der Waals surface area contributed by atoms with E-state index in [0.29, 0.717) is 28.5 Å². The number of aliphatic hydroxyl groups excluding tert-OH is 1. The van der Waals surface area contributed by atoms with Gasteiger partial charge in [0.15, 0.2) is 5.76 Å². The van der Waals surface area contributed by atoms with E-state index in [-0.39, 0.29) is 12.1 Å². The van der Waals surface area contributed by atoms with Crippen LogP contribution in [-0.2, 0) is 11.3 Å². The predicted octanol–water partition coefficient (Wildman–Crippen LogP) is 4.50. The second-order valence-electron chi connectivity index (χ2n) is 7.60. The highest BCUT2D eigenvalue weighted by Gasteiger charge is 2.44. The Morgan fingerprint density at radius 1 is 1.27 bits per heavy atom. The minimum absolute atomic E-state index is 0.0513. The van der Waals surface area contributed by atoms with Crippen molar-refractivity contribution < 1.29 is 19.4 Å². The van der Waals surface area contributed by atoms with E-state index in [2.05, 4.69) is 16.5 Å². The summed E-state index contributed by atoms with van der Waals surface area (Å²) in [6.07, 6.45) is 4.95. The zero-order chi connectivity index (χ0) is 23.5. The van der Waals surface area contributed by atoms with Crippen LogP contribution in [0.4, 0.5) is 0 Å². The van der Waals surface area contributed by atoms with Gasteiger partial charge in [0, 0.05) is 18.9 Å². The molecule has 7 nitrogen and oxygen atoms in total. The van der Waals surface area contributed by atoms with Crippen LogP contribution in [0.3, 0.4) is 0 Å². The minimum Gasteiger partial charge on any atom is -0.503 e. The lowest BCUT2D eigenvalue weighted by atomic mass is 9.95. The molecule has 1 aliphatic rings. The highest BCUT2D eigenvalue weighted by Crippen LogP contribution is 2.41. The number of ether oxygens (including phenoxy) is 1. The van der Waals surface area contributed by atoms with Gasteiger partial charge in [0.05, 0.1) is 27.2 Å². The minimum atomic E-state index is -0.763. The van der Waals surface area contributed by atoms with Crippen molar-refractivity contribution in [3.63, 3.8) is 0 Å². The third-order valence-corrected chi connectivity index (χ3v) is 6.37. The Morgan fingerprint density at radius 3 is 2.64 bits per heavy atom. The van der Waals surface area contributed by atoms with E-state index in [1.165, 1.54) is 16.2 Å². The maximum absolute atomic E-state index is 13.6. The van der Waals surface area contributed by atoms with Crippen LogP contribution in [0.2, 0.25) is 0 Å². The Labute approximate surface area is 195 Å². The molecule has 1 amide bonds. The number of Topliss-reactive ketones (excluding diaryl/α,β-unsaturated/α-hetero) is 1. The van der Waals surface area contributed by atoms with E-state index >= 15 is 0 Å². The van der Waals surface area contributed by atoms with Gasteiger partial charge in [-0.25, -0.2) is 4.98 Å². The molecular formula is C25H23N3O4S. The summed E-state index contributed by atoms with van der Waals surface area (Å²) >= 11 is 1.25. The Bertz CT molecular complexity index is 1230. The second-order valence-corrected chi connectivity index (χ2v) is 8.81. The van der Waals surface area contributed by atoms with Crippen molar-refractivity contribution in [2.45, 2.75) is 26.4 Å². The molecule has 1 aromatic carbocycles. The van der Waals surface area contributed by atoms with Crippen LogP contribution < -0.4 is 4.74 Å². The molecule has 33 heavy (non-hydrogen) atoms. The summed E-state index contributed by atoms with van der Waals surface area (Å²) in [5, 5.41) is 11.6. The van der Waals surface area contributed by atoms with Gasteiger partial charge in [0.25, 0.3) is 5.91 Å². The van der Waals surface area contributed by atoms with E-state index < -0.39 is 23.5 Å². The molecule has 3 aromatic rings. The van der Waals surface area contributed by atoms with Crippen LogP contribution in [-0.4, -0.2) is 38.3 Å². The number of hydrogen-bond acceptors (Lipinski definition) is 7. The quantitative estimate of drug-likeness (QED) is 0.392. The second kappa shape index (κ2) is 9.38. The number of aliphatic hydroxyl groups is 1. The van der Waals surface area contributed by atoms with Crippen LogP contribution in [0.15, 0.2) is 72.8 Å². The van der Waals surface area contributed by atoms with Crippen LogP contribution in [0, 0.1) is 13.8 Å². The fourth-order valence-electron chi connectivity index (χ4n) is 3.85. The molecule has 168 valence electrons. The Kier molecular flexibility index (Phi) is 6.37. The number of rotatable bonds is 8. The van der Waals surface area contributed by atoms with E-state index in [1.807, 2.05) is 13.0 Å². The molecule has 1 N–H and O–H groups in total. The molecule has 0 aliphatic carbocycles. The number of hydrogen-bond donors (Lipinski definition) is 1. The third kappa shape index (κ3) is 4.42. The largest absolute Gasteiger partial charge is 0.503 e. The van der Waals surface area contributed by atoms with Gasteiger partial charge in [-0.3, -0.25) is 14.6 Å². The first-order chi connectivity index (χ1) is 15.9. The molecule has 0 saturated carbocycles. The first-order valence-electron chi connectivity index (χ1n) is 10.4. The Hall–Kier alpha value is -3.78. The normalized spacial score (nSPS) is 15.8. The highest BCUT2D eigenvalue weighted by molar-refractivity contribution is 7.14. The van der Waals surface area contributed by atoms with Crippen LogP contribution in [0.25, 0.3) is 0 Å². The molecule has 0 saturated heterocycles. The summed E-state index contributed by atoms with van der Waals surface area (Å²) in [6, 6.07) is 9.99. The number of aryl methyl sites for hydroxylation is 2. The van der Waals surface area contributed by atoms with Gasteiger partial charge in [-0.05, 0) is 43.2 Å². The number of carbonyl (C=O) groups is 2. The van der Waals surface area contributed by atoms with Gasteiger partial charge < -0.3 is 14.7 Å². The topological polar surface area (TPSA) is 92.6 Å². The van der Waals surface area contributed by atoms with Crippen molar-refractivity contribution in [2.75, 3.05) is 6.61 Å². The lowest BCUT2D eigenvalue weighted by molar-refractivity contribution is -0.130. The van der Waals surface area contributed by atoms with Crippen LogP contribution >= 0.6 is 11.3 Å².